The average Bonchev–Trinajstić information content (AvgIpc) is 1.62. The number of phenolic OH excluding ortho intramolecular Hbond substituents is 1. The van der Waals surface area contributed by atoms with Crippen LogP contribution in [0.15, 0.2) is 121 Å². The minimum absolute atomic E-state index is 0. The van der Waals surface area contributed by atoms with Gasteiger partial charge in [0.2, 0.25) is 0 Å². The third-order valence-electron chi connectivity index (χ3n) is 12.0. The van der Waals surface area contributed by atoms with Crippen LogP contribution in [0.2, 0.25) is 0 Å². The molecule has 0 atom stereocenters. The topological polar surface area (TPSA) is 50.9 Å². The molecule has 0 fully saturated rings. The van der Waals surface area contributed by atoms with E-state index in [0.29, 0.717) is 22.8 Å². The van der Waals surface area contributed by atoms with Gasteiger partial charge in [0.15, 0.2) is 0 Å². The number of hydrogen-bond donors (Lipinski definition) is 1. The van der Waals surface area contributed by atoms with Crippen molar-refractivity contribution in [2.24, 2.45) is 5.41 Å². The molecular formula is C65H74N3OPt-. The maximum atomic E-state index is 13.2. The van der Waals surface area contributed by atoms with Gasteiger partial charge in [-0.25, -0.2) is 4.98 Å². The van der Waals surface area contributed by atoms with E-state index in [4.69, 9.17) is 40.6 Å². The van der Waals surface area contributed by atoms with Crippen LogP contribution >= 0.6 is 0 Å². The van der Waals surface area contributed by atoms with Gasteiger partial charge in [0.1, 0.15) is 11.6 Å². The van der Waals surface area contributed by atoms with Gasteiger partial charge in [0, 0.05) is 79.7 Å². The summed E-state index contributed by atoms with van der Waals surface area (Å²) in [5, 5.41) is 13.2. The van der Waals surface area contributed by atoms with Gasteiger partial charge in [0.25, 0.3) is 0 Å². The predicted octanol–water partition coefficient (Wildman–Crippen LogP) is 17.7. The first kappa shape index (κ1) is 27.3. The fourth-order valence-corrected chi connectivity index (χ4v) is 8.42. The summed E-state index contributed by atoms with van der Waals surface area (Å²) in [5.41, 5.74) is -12.9. The molecule has 0 radical (unpaired) electrons. The van der Waals surface area contributed by atoms with E-state index in [9.17, 15) is 6.48 Å². The first-order chi connectivity index (χ1) is 43.2. The maximum absolute atomic E-state index is 13.2. The van der Waals surface area contributed by atoms with Gasteiger partial charge in [0.05, 0.1) is 23.7 Å². The Morgan fingerprint density at radius 1 is 0.614 bits per heavy atom. The Morgan fingerprint density at radius 3 is 1.94 bits per heavy atom. The molecule has 0 unspecified atom stereocenters. The number of imidazole rings is 1. The van der Waals surface area contributed by atoms with Gasteiger partial charge < -0.3 is 5.11 Å². The number of phenols is 1. The van der Waals surface area contributed by atoms with Crippen molar-refractivity contribution in [3.05, 3.63) is 166 Å². The van der Waals surface area contributed by atoms with E-state index in [1.165, 1.54) is 16.7 Å². The Kier molecular flexibility index (Phi) is 7.36. The zero-order valence-corrected chi connectivity index (χ0v) is 42.8. The van der Waals surface area contributed by atoms with Crippen molar-refractivity contribution in [1.29, 1.82) is 0 Å². The normalized spacial score (nSPS) is 20.0. The Labute approximate surface area is 472 Å². The molecule has 2 aromatic heterocycles. The summed E-state index contributed by atoms with van der Waals surface area (Å²) < 4.78 is 240. The van der Waals surface area contributed by atoms with Crippen LogP contribution in [-0.2, 0) is 49.1 Å². The molecule has 8 aromatic rings. The van der Waals surface area contributed by atoms with Crippen molar-refractivity contribution in [3.63, 3.8) is 0 Å². The molecule has 0 bridgehead atoms. The number of nitrogens with zero attached hydrogens (tertiary/aromatic N) is 3. The second-order valence-electron chi connectivity index (χ2n) is 20.8. The standard InChI is InChI=1S/C65H74N3O.Pt/c1-40-30-42(38-61(3,4)5)26-28-49(40)51-37-55(66-39-41(51)2)45-31-44(32-47(33-45)63(9,10)11)50-24-21-25-57-58(50)67-60(53-35-48(64(12,13)14)36-54(59(53)69)65(15,16)17)68(57)56-29-27-46(62(6,7)8)34-52(56)43-22-19-18-20-23-43;/h18-30,32-37,39,69H,38H2,1-17H3;/q-1;/i1D3,2D3,12D3,13D3,14D3,15D3,16D3,17D3,28D,38D2;. The molecule has 366 valence electrons. The van der Waals surface area contributed by atoms with Gasteiger partial charge in [-0.1, -0.05) is 193 Å². The van der Waals surface area contributed by atoms with E-state index in [2.05, 4.69) is 11.1 Å². The SMILES string of the molecule is [2H]c1cc(C([2H])([2H])C(C)(C)C)cc(C([2H])([2H])[2H])c1-c1cc(-c2[c-]c(-c3cccc4c3nc(-c3cc(C(C([2H])([2H])[2H])(C([2H])([2H])[2H])C([2H])([2H])[2H])cc(C(C([2H])([2H])[2H])(C([2H])([2H])[2H])C([2H])([2H])[2H])c3O)n4-c3ccc(C(C)(C)C)cc3-c3ccccc3)cc(C(C)(C)C)c2)ncc1C([2H])([2H])[2H].[Pt]. The van der Waals surface area contributed by atoms with Crippen LogP contribution in [0.4, 0.5) is 0 Å². The molecule has 5 heteroatoms. The van der Waals surface area contributed by atoms with Crippen molar-refractivity contribution in [2.75, 3.05) is 0 Å². The number of fused-ring (bicyclic) bond motifs is 1. The molecule has 0 saturated carbocycles. The van der Waals surface area contributed by atoms with Gasteiger partial charge in [-0.2, -0.15) is 0 Å². The number of aromatic nitrogens is 3. The molecule has 0 aliphatic heterocycles. The first-order valence-corrected chi connectivity index (χ1v) is 22.5. The van der Waals surface area contributed by atoms with Gasteiger partial charge in [-0.15, -0.1) is 29.3 Å². The molecular weight excluding hydrogens is 1030 g/mol. The summed E-state index contributed by atoms with van der Waals surface area (Å²) in [7, 11) is 0. The van der Waals surface area contributed by atoms with E-state index < -0.39 is 134 Å². The monoisotopic (exact) mass is 1130 g/mol. The Hall–Kier alpha value is -5.57. The Morgan fingerprint density at radius 2 is 1.29 bits per heavy atom. The number of para-hydroxylation sites is 1. The zero-order valence-electron chi connectivity index (χ0n) is 67.6. The van der Waals surface area contributed by atoms with Crippen molar-refractivity contribution in [2.45, 2.75) is 145 Å². The van der Waals surface area contributed by atoms with E-state index in [1.54, 1.807) is 93.6 Å². The van der Waals surface area contributed by atoms with Crippen LogP contribution in [0, 0.1) is 25.2 Å². The molecule has 0 saturated heterocycles. The fraction of sp³-hybridized carbons (Fsp3) is 0.354. The molecule has 0 aliphatic rings. The number of hydrogen-bond acceptors (Lipinski definition) is 3. The largest absolute Gasteiger partial charge is 0.507 e. The molecule has 6 aromatic carbocycles. The zero-order chi connectivity index (χ0) is 72.8. The van der Waals surface area contributed by atoms with Gasteiger partial charge in [-0.05, 0) is 116 Å². The summed E-state index contributed by atoms with van der Waals surface area (Å²) in [6, 6.07) is 29.7. The van der Waals surface area contributed by atoms with E-state index in [0.717, 1.165) is 17.8 Å². The summed E-state index contributed by atoms with van der Waals surface area (Å²) in [5.74, 6) is -2.02. The second-order valence-corrected chi connectivity index (χ2v) is 20.8. The summed E-state index contributed by atoms with van der Waals surface area (Å²) in [6.07, 6.45) is -1.14. The molecule has 0 aliphatic carbocycles. The fourth-order valence-electron chi connectivity index (χ4n) is 8.42. The van der Waals surface area contributed by atoms with Crippen LogP contribution < -0.4 is 0 Å². The Bertz CT molecular complexity index is 4220. The number of pyridine rings is 1. The first-order valence-electron chi connectivity index (χ1n) is 36.0. The van der Waals surface area contributed by atoms with Crippen molar-refractivity contribution >= 4 is 11.0 Å². The summed E-state index contributed by atoms with van der Waals surface area (Å²) >= 11 is 0. The smallest absolute Gasteiger partial charge is 0.148 e. The van der Waals surface area contributed by atoms with Crippen molar-refractivity contribution < 1.29 is 63.2 Å². The number of aromatic hydroxyl groups is 1. The minimum Gasteiger partial charge on any atom is -0.507 e. The average molecular weight is 1140 g/mol. The predicted molar refractivity (Wildman–Crippen MR) is 294 cm³/mol. The third-order valence-corrected chi connectivity index (χ3v) is 12.0. The number of rotatable bonds is 7. The van der Waals surface area contributed by atoms with Crippen LogP contribution in [0.1, 0.15) is 179 Å². The second kappa shape index (κ2) is 18.9. The van der Waals surface area contributed by atoms with E-state index >= 15 is 0 Å². The molecule has 8 rings (SSSR count). The molecule has 0 amide bonds. The van der Waals surface area contributed by atoms with Crippen molar-refractivity contribution in [1.82, 2.24) is 14.5 Å². The van der Waals surface area contributed by atoms with Crippen LogP contribution in [-0.4, -0.2) is 19.6 Å². The number of benzene rings is 6. The Balaban J connectivity index is 0.0000133. The maximum Gasteiger partial charge on any atom is 0.148 e. The molecule has 0 spiro atoms. The van der Waals surface area contributed by atoms with Gasteiger partial charge in [-0.3, -0.25) is 9.55 Å². The molecule has 2 heterocycles. The molecule has 70 heavy (non-hydrogen) atoms. The molecule has 4 nitrogen and oxygen atoms in total. The minimum atomic E-state index is -4.24. The number of aryl methyl sites for hydroxylation is 2. The summed E-state index contributed by atoms with van der Waals surface area (Å²) in [6.45, 7) is -14.8. The quantitative estimate of drug-likeness (QED) is 0.162. The summed E-state index contributed by atoms with van der Waals surface area (Å²) in [4.78, 5) is 9.77. The third kappa shape index (κ3) is 10.7. The van der Waals surface area contributed by atoms with E-state index in [1.807, 2.05) is 47.6 Å². The van der Waals surface area contributed by atoms with E-state index in [-0.39, 0.29) is 82.9 Å². The molecule has 1 N–H and O–H groups in total. The van der Waals surface area contributed by atoms with Crippen molar-refractivity contribution in [3.8, 4) is 67.5 Å². The van der Waals surface area contributed by atoms with Crippen LogP contribution in [0.3, 0.4) is 0 Å². The van der Waals surface area contributed by atoms with Crippen LogP contribution in [0.5, 0.6) is 5.75 Å². The van der Waals surface area contributed by atoms with Crippen LogP contribution in [0.25, 0.3) is 72.7 Å². The van der Waals surface area contributed by atoms with Gasteiger partial charge >= 0.3 is 0 Å².